The van der Waals surface area contributed by atoms with Gasteiger partial charge in [0.15, 0.2) is 0 Å². The van der Waals surface area contributed by atoms with Crippen LogP contribution < -0.4 is 10.1 Å². The Kier molecular flexibility index (Phi) is 3.89. The molecule has 0 bridgehead atoms. The largest absolute Gasteiger partial charge is 0.496 e. The molecule has 5 nitrogen and oxygen atoms in total. The summed E-state index contributed by atoms with van der Waals surface area (Å²) in [6.07, 6.45) is 3.71. The van der Waals surface area contributed by atoms with E-state index in [0.717, 1.165) is 38.6 Å². The fourth-order valence-corrected chi connectivity index (χ4v) is 3.98. The molecule has 6 heteroatoms. The maximum atomic E-state index is 5.55. The predicted octanol–water partition coefficient (Wildman–Crippen LogP) is 4.76. The first kappa shape index (κ1) is 15.7. The molecule has 126 valence electrons. The predicted molar refractivity (Wildman–Crippen MR) is 103 cm³/mol. The van der Waals surface area contributed by atoms with E-state index >= 15 is 0 Å². The summed E-state index contributed by atoms with van der Waals surface area (Å²) in [5, 5.41) is 7.49. The van der Waals surface area contributed by atoms with Crippen molar-refractivity contribution >= 4 is 33.1 Å². The summed E-state index contributed by atoms with van der Waals surface area (Å²) in [5.74, 6) is 1.66. The van der Waals surface area contributed by atoms with Gasteiger partial charge in [-0.25, -0.2) is 4.98 Å². The molecule has 0 atom stereocenters. The van der Waals surface area contributed by atoms with Gasteiger partial charge in [0.25, 0.3) is 0 Å². The minimum Gasteiger partial charge on any atom is -0.496 e. The second-order valence-corrected chi connectivity index (χ2v) is 7.06. The highest BCUT2D eigenvalue weighted by atomic mass is 32.1. The molecular weight excluding hydrogens is 332 g/mol. The Hall–Kier alpha value is -2.86. The van der Waals surface area contributed by atoms with Gasteiger partial charge in [0.2, 0.25) is 0 Å². The van der Waals surface area contributed by atoms with E-state index in [1.165, 1.54) is 4.88 Å². The van der Waals surface area contributed by atoms with Crippen LogP contribution in [0.1, 0.15) is 4.88 Å². The van der Waals surface area contributed by atoms with Gasteiger partial charge in [0.1, 0.15) is 11.6 Å². The maximum Gasteiger partial charge on any atom is 0.131 e. The molecular formula is C19H18N4OS. The van der Waals surface area contributed by atoms with Gasteiger partial charge in [-0.15, -0.1) is 11.3 Å². The number of benzene rings is 1. The van der Waals surface area contributed by atoms with E-state index < -0.39 is 0 Å². The van der Waals surface area contributed by atoms with Crippen LogP contribution in [-0.2, 0) is 7.05 Å². The SMILES string of the molecule is COc1ccccc1-c1c(C)sc2ccc(Nc3cnn(C)c3)nc12. The standard InChI is InChI=1S/C19H18N4OS/c1-12-18(14-6-4-5-7-15(14)24-3)19-16(25-12)8-9-17(22-19)21-13-10-20-23(2)11-13/h4-11H,1-3H3,(H,21,22). The fourth-order valence-electron chi connectivity index (χ4n) is 2.96. The van der Waals surface area contributed by atoms with E-state index in [9.17, 15) is 0 Å². The number of fused-ring (bicyclic) bond motifs is 1. The lowest BCUT2D eigenvalue weighted by Gasteiger charge is -2.09. The van der Waals surface area contributed by atoms with Gasteiger partial charge >= 0.3 is 0 Å². The van der Waals surface area contributed by atoms with E-state index in [-0.39, 0.29) is 0 Å². The summed E-state index contributed by atoms with van der Waals surface area (Å²) in [7, 11) is 3.59. The first-order valence-electron chi connectivity index (χ1n) is 7.95. The number of para-hydroxylation sites is 1. The Bertz CT molecular complexity index is 1050. The molecule has 25 heavy (non-hydrogen) atoms. The minimum absolute atomic E-state index is 0.800. The van der Waals surface area contributed by atoms with E-state index in [2.05, 4.69) is 29.5 Å². The Balaban J connectivity index is 1.84. The van der Waals surface area contributed by atoms with Crippen molar-refractivity contribution in [3.63, 3.8) is 0 Å². The zero-order valence-electron chi connectivity index (χ0n) is 14.3. The topological polar surface area (TPSA) is 52.0 Å². The van der Waals surface area contributed by atoms with Gasteiger partial charge in [-0.1, -0.05) is 18.2 Å². The summed E-state index contributed by atoms with van der Waals surface area (Å²) in [5.41, 5.74) is 4.10. The molecule has 0 aliphatic rings. The molecule has 0 saturated heterocycles. The van der Waals surface area contributed by atoms with Crippen molar-refractivity contribution in [3.8, 4) is 16.9 Å². The number of aromatic nitrogens is 3. The molecule has 0 amide bonds. The third kappa shape index (κ3) is 2.85. The Morgan fingerprint density at radius 2 is 2.00 bits per heavy atom. The molecule has 4 aromatic rings. The third-order valence-corrected chi connectivity index (χ3v) is 5.12. The van der Waals surface area contributed by atoms with Crippen LogP contribution in [0, 0.1) is 6.92 Å². The van der Waals surface area contributed by atoms with Gasteiger partial charge < -0.3 is 10.1 Å². The van der Waals surface area contributed by atoms with Crippen molar-refractivity contribution in [2.75, 3.05) is 12.4 Å². The molecule has 4 rings (SSSR count). The van der Waals surface area contributed by atoms with Crippen molar-refractivity contribution in [1.82, 2.24) is 14.8 Å². The number of thiophene rings is 1. The summed E-state index contributed by atoms with van der Waals surface area (Å²) in [6, 6.07) is 12.2. The monoisotopic (exact) mass is 350 g/mol. The van der Waals surface area contributed by atoms with Gasteiger partial charge in [-0.05, 0) is 25.1 Å². The molecule has 0 aliphatic heterocycles. The lowest BCUT2D eigenvalue weighted by Crippen LogP contribution is -1.93. The number of anilines is 2. The Labute approximate surface area is 149 Å². The van der Waals surface area contributed by atoms with E-state index in [0.29, 0.717) is 0 Å². The number of hydrogen-bond acceptors (Lipinski definition) is 5. The van der Waals surface area contributed by atoms with Gasteiger partial charge in [0.05, 0.1) is 29.2 Å². The third-order valence-electron chi connectivity index (χ3n) is 4.06. The lowest BCUT2D eigenvalue weighted by atomic mass is 10.0. The van der Waals surface area contributed by atoms with Crippen molar-refractivity contribution < 1.29 is 4.74 Å². The molecule has 0 unspecified atom stereocenters. The van der Waals surface area contributed by atoms with Crippen LogP contribution in [0.25, 0.3) is 21.3 Å². The quantitative estimate of drug-likeness (QED) is 0.577. The molecule has 0 fully saturated rings. The van der Waals surface area contributed by atoms with Gasteiger partial charge in [0, 0.05) is 29.2 Å². The number of nitrogens with zero attached hydrogens (tertiary/aromatic N) is 3. The van der Waals surface area contributed by atoms with Gasteiger partial charge in [-0.2, -0.15) is 5.10 Å². The highest BCUT2D eigenvalue weighted by molar-refractivity contribution is 7.19. The second-order valence-electron chi connectivity index (χ2n) is 5.80. The van der Waals surface area contributed by atoms with Crippen molar-refractivity contribution in [1.29, 1.82) is 0 Å². The van der Waals surface area contributed by atoms with Crippen LogP contribution in [0.4, 0.5) is 11.5 Å². The summed E-state index contributed by atoms with van der Waals surface area (Å²) in [6.45, 7) is 2.13. The van der Waals surface area contributed by atoms with Crippen LogP contribution in [0.2, 0.25) is 0 Å². The average molecular weight is 350 g/mol. The summed E-state index contributed by atoms with van der Waals surface area (Å²) in [4.78, 5) is 6.09. The highest BCUT2D eigenvalue weighted by Crippen LogP contribution is 2.41. The zero-order valence-corrected chi connectivity index (χ0v) is 15.1. The number of hydrogen-bond donors (Lipinski definition) is 1. The summed E-state index contributed by atoms with van der Waals surface area (Å²) < 4.78 is 8.47. The van der Waals surface area contributed by atoms with Crippen LogP contribution >= 0.6 is 11.3 Å². The molecule has 0 aliphatic carbocycles. The number of nitrogens with one attached hydrogen (secondary N) is 1. The van der Waals surface area contributed by atoms with Crippen molar-refractivity contribution in [2.45, 2.75) is 6.92 Å². The van der Waals surface area contributed by atoms with E-state index in [4.69, 9.17) is 9.72 Å². The first-order chi connectivity index (χ1) is 12.2. The molecule has 3 heterocycles. The summed E-state index contributed by atoms with van der Waals surface area (Å²) >= 11 is 1.75. The number of rotatable bonds is 4. The number of pyridine rings is 1. The number of ether oxygens (including phenoxy) is 1. The Morgan fingerprint density at radius 1 is 1.16 bits per heavy atom. The average Bonchev–Trinajstić information content (AvgIpc) is 3.16. The minimum atomic E-state index is 0.800. The number of aryl methyl sites for hydroxylation is 2. The molecule has 1 N–H and O–H groups in total. The fraction of sp³-hybridized carbons (Fsp3) is 0.158. The molecule has 0 radical (unpaired) electrons. The molecule has 0 spiro atoms. The van der Waals surface area contributed by atoms with Crippen LogP contribution in [0.15, 0.2) is 48.8 Å². The molecule has 1 aromatic carbocycles. The van der Waals surface area contributed by atoms with E-state index in [1.54, 1.807) is 29.3 Å². The van der Waals surface area contributed by atoms with E-state index in [1.807, 2.05) is 37.5 Å². The molecule has 3 aromatic heterocycles. The normalized spacial score (nSPS) is 11.0. The zero-order chi connectivity index (χ0) is 17.4. The molecule has 0 saturated carbocycles. The van der Waals surface area contributed by atoms with Crippen molar-refractivity contribution in [2.24, 2.45) is 7.05 Å². The van der Waals surface area contributed by atoms with Crippen LogP contribution in [-0.4, -0.2) is 21.9 Å². The van der Waals surface area contributed by atoms with Crippen LogP contribution in [0.3, 0.4) is 0 Å². The second kappa shape index (κ2) is 6.22. The lowest BCUT2D eigenvalue weighted by molar-refractivity contribution is 0.416. The smallest absolute Gasteiger partial charge is 0.131 e. The van der Waals surface area contributed by atoms with Crippen molar-refractivity contribution in [3.05, 3.63) is 53.7 Å². The first-order valence-corrected chi connectivity index (χ1v) is 8.76. The van der Waals surface area contributed by atoms with Crippen LogP contribution in [0.5, 0.6) is 5.75 Å². The Morgan fingerprint density at radius 3 is 2.76 bits per heavy atom. The highest BCUT2D eigenvalue weighted by Gasteiger charge is 2.16. The number of methoxy groups -OCH3 is 1. The van der Waals surface area contributed by atoms with Gasteiger partial charge in [-0.3, -0.25) is 4.68 Å². The maximum absolute atomic E-state index is 5.55.